The summed E-state index contributed by atoms with van der Waals surface area (Å²) in [6.45, 7) is -0.838. The lowest BCUT2D eigenvalue weighted by molar-refractivity contribution is 0.130. The molecule has 0 aliphatic heterocycles. The molecule has 2 N–H and O–H groups in total. The number of hydrogen-bond acceptors (Lipinski definition) is 5. The number of ether oxygens (including phenoxy) is 1. The Labute approximate surface area is 151 Å². The minimum Gasteiger partial charge on any atom is -0.497 e. The zero-order chi connectivity index (χ0) is 18.2. The van der Waals surface area contributed by atoms with Crippen molar-refractivity contribution in [2.75, 3.05) is 20.3 Å². The van der Waals surface area contributed by atoms with Crippen molar-refractivity contribution in [1.29, 1.82) is 0 Å². The predicted octanol–water partition coefficient (Wildman–Crippen LogP) is 2.26. The highest BCUT2D eigenvalue weighted by molar-refractivity contribution is 7.92. The Morgan fingerprint density at radius 3 is 2.08 bits per heavy atom. The van der Waals surface area contributed by atoms with E-state index in [1.54, 1.807) is 31.4 Å². The van der Waals surface area contributed by atoms with E-state index >= 15 is 0 Å². The highest BCUT2D eigenvalue weighted by atomic mass is 35.5. The van der Waals surface area contributed by atoms with Gasteiger partial charge in [-0.05, 0) is 42.0 Å². The maximum absolute atomic E-state index is 13.1. The Balaban J connectivity index is 2.02. The third kappa shape index (κ3) is 2.93. The Morgan fingerprint density at radius 1 is 1.04 bits per heavy atom. The second-order valence-corrected chi connectivity index (χ2v) is 8.73. The standard InChI is InChI=1S/C18H19ClO5S/c1-24-14-6-2-12(3-7-14)16-17(18(16,10-20)11-21)25(22,23)15-8-4-13(19)5-9-15/h2-9,16-17,20-21H,10-11H2,1H3/t16-,17+/m0/s1. The summed E-state index contributed by atoms with van der Waals surface area (Å²) in [5.41, 5.74) is -0.362. The fourth-order valence-electron chi connectivity index (χ4n) is 3.46. The van der Waals surface area contributed by atoms with E-state index in [0.717, 1.165) is 5.56 Å². The van der Waals surface area contributed by atoms with Crippen LogP contribution in [0.15, 0.2) is 53.4 Å². The number of sulfone groups is 1. The molecule has 0 aromatic heterocycles. The molecule has 0 saturated heterocycles. The molecule has 1 aliphatic rings. The summed E-state index contributed by atoms with van der Waals surface area (Å²) < 4.78 is 31.2. The molecule has 25 heavy (non-hydrogen) atoms. The third-order valence-electron chi connectivity index (χ3n) is 4.92. The van der Waals surface area contributed by atoms with Gasteiger partial charge in [0.05, 0.1) is 30.5 Å². The maximum atomic E-state index is 13.1. The van der Waals surface area contributed by atoms with Crippen LogP contribution in [0.2, 0.25) is 5.02 Å². The van der Waals surface area contributed by atoms with Crippen LogP contribution in [-0.4, -0.2) is 44.2 Å². The van der Waals surface area contributed by atoms with Gasteiger partial charge in [0, 0.05) is 16.4 Å². The number of hydrogen-bond donors (Lipinski definition) is 2. The first-order valence-corrected chi connectivity index (χ1v) is 9.68. The van der Waals surface area contributed by atoms with Crippen LogP contribution in [0, 0.1) is 5.41 Å². The van der Waals surface area contributed by atoms with Crippen LogP contribution in [0.5, 0.6) is 5.75 Å². The summed E-state index contributed by atoms with van der Waals surface area (Å²) in [6.07, 6.45) is 0. The van der Waals surface area contributed by atoms with Crippen molar-refractivity contribution < 1.29 is 23.4 Å². The van der Waals surface area contributed by atoms with Gasteiger partial charge in [-0.15, -0.1) is 0 Å². The van der Waals surface area contributed by atoms with Gasteiger partial charge in [0.2, 0.25) is 0 Å². The van der Waals surface area contributed by atoms with Crippen molar-refractivity contribution in [3.05, 3.63) is 59.1 Å². The molecule has 0 heterocycles. The number of halogens is 1. The first-order valence-electron chi connectivity index (χ1n) is 7.76. The minimum atomic E-state index is -3.74. The highest BCUT2D eigenvalue weighted by Gasteiger charge is 2.70. The first-order chi connectivity index (χ1) is 11.9. The Hall–Kier alpha value is -1.60. The predicted molar refractivity (Wildman–Crippen MR) is 94.8 cm³/mol. The van der Waals surface area contributed by atoms with Crippen molar-refractivity contribution in [2.24, 2.45) is 5.41 Å². The quantitative estimate of drug-likeness (QED) is 0.800. The fourth-order valence-corrected chi connectivity index (χ4v) is 6.01. The van der Waals surface area contributed by atoms with Gasteiger partial charge in [-0.3, -0.25) is 0 Å². The minimum absolute atomic E-state index is 0.129. The van der Waals surface area contributed by atoms with Crippen LogP contribution in [0.25, 0.3) is 0 Å². The molecule has 0 spiro atoms. The molecule has 5 nitrogen and oxygen atoms in total. The molecule has 2 atom stereocenters. The van der Waals surface area contributed by atoms with Gasteiger partial charge in [0.1, 0.15) is 5.75 Å². The van der Waals surface area contributed by atoms with Crippen LogP contribution in [0.3, 0.4) is 0 Å². The van der Waals surface area contributed by atoms with Crippen molar-refractivity contribution in [3.63, 3.8) is 0 Å². The fraction of sp³-hybridized carbons (Fsp3) is 0.333. The smallest absolute Gasteiger partial charge is 0.182 e. The van der Waals surface area contributed by atoms with Gasteiger partial charge in [-0.25, -0.2) is 8.42 Å². The molecule has 2 aromatic carbocycles. The molecule has 134 valence electrons. The SMILES string of the molecule is COc1ccc([C@H]2[C@@H](S(=O)(=O)c3ccc(Cl)cc3)C2(CO)CO)cc1. The van der Waals surface area contributed by atoms with Gasteiger partial charge in [0.25, 0.3) is 0 Å². The van der Waals surface area contributed by atoms with E-state index in [-0.39, 0.29) is 4.90 Å². The highest BCUT2D eigenvalue weighted by Crippen LogP contribution is 2.63. The Morgan fingerprint density at radius 2 is 1.60 bits per heavy atom. The Bertz CT molecular complexity index is 842. The average Bonchev–Trinajstić information content (AvgIpc) is 3.33. The molecular formula is C18H19ClO5S. The summed E-state index contributed by atoms with van der Waals surface area (Å²) >= 11 is 5.83. The molecule has 0 bridgehead atoms. The van der Waals surface area contributed by atoms with E-state index < -0.39 is 39.6 Å². The van der Waals surface area contributed by atoms with Crippen molar-refractivity contribution >= 4 is 21.4 Å². The maximum Gasteiger partial charge on any atom is 0.182 e. The van der Waals surface area contributed by atoms with Crippen LogP contribution >= 0.6 is 11.6 Å². The van der Waals surface area contributed by atoms with E-state index in [0.29, 0.717) is 10.8 Å². The van der Waals surface area contributed by atoms with Gasteiger partial charge in [0.15, 0.2) is 9.84 Å². The average molecular weight is 383 g/mol. The topological polar surface area (TPSA) is 83.8 Å². The van der Waals surface area contributed by atoms with E-state index in [1.165, 1.54) is 24.3 Å². The van der Waals surface area contributed by atoms with Crippen molar-refractivity contribution in [1.82, 2.24) is 0 Å². The van der Waals surface area contributed by atoms with Crippen LogP contribution in [0.1, 0.15) is 11.5 Å². The summed E-state index contributed by atoms with van der Waals surface area (Å²) in [6, 6.07) is 12.9. The lowest BCUT2D eigenvalue weighted by Crippen LogP contribution is -2.23. The van der Waals surface area contributed by atoms with E-state index in [9.17, 15) is 18.6 Å². The second kappa shape index (κ2) is 6.61. The molecule has 0 amide bonds. The number of aliphatic hydroxyl groups excluding tert-OH is 2. The van der Waals surface area contributed by atoms with Crippen LogP contribution in [0.4, 0.5) is 0 Å². The van der Waals surface area contributed by atoms with Gasteiger partial charge in [-0.1, -0.05) is 23.7 Å². The number of aliphatic hydroxyl groups is 2. The molecule has 1 fully saturated rings. The monoisotopic (exact) mass is 382 g/mol. The largest absolute Gasteiger partial charge is 0.497 e. The van der Waals surface area contributed by atoms with Crippen molar-refractivity contribution in [2.45, 2.75) is 16.1 Å². The molecule has 7 heteroatoms. The molecule has 0 radical (unpaired) electrons. The summed E-state index contributed by atoms with van der Waals surface area (Å²) in [5, 5.41) is 19.2. The van der Waals surface area contributed by atoms with Crippen LogP contribution < -0.4 is 4.74 Å². The molecule has 1 aliphatic carbocycles. The lowest BCUT2D eigenvalue weighted by atomic mass is 10.0. The molecular weight excluding hydrogens is 364 g/mol. The van der Waals surface area contributed by atoms with E-state index in [1.807, 2.05) is 0 Å². The molecule has 2 aromatic rings. The molecule has 0 unspecified atom stereocenters. The van der Waals surface area contributed by atoms with E-state index in [2.05, 4.69) is 0 Å². The van der Waals surface area contributed by atoms with Crippen LogP contribution in [-0.2, 0) is 9.84 Å². The van der Waals surface area contributed by atoms with Gasteiger partial charge in [-0.2, -0.15) is 0 Å². The zero-order valence-corrected chi connectivity index (χ0v) is 15.2. The first kappa shape index (κ1) is 18.2. The lowest BCUT2D eigenvalue weighted by Gasteiger charge is -2.11. The third-order valence-corrected chi connectivity index (χ3v) is 7.51. The summed E-state index contributed by atoms with van der Waals surface area (Å²) in [7, 11) is -2.19. The second-order valence-electron chi connectivity index (χ2n) is 6.22. The number of rotatable bonds is 6. The molecule has 3 rings (SSSR count). The van der Waals surface area contributed by atoms with E-state index in [4.69, 9.17) is 16.3 Å². The number of methoxy groups -OCH3 is 1. The Kier molecular flexibility index (Phi) is 4.81. The zero-order valence-electron chi connectivity index (χ0n) is 13.6. The summed E-state index contributed by atoms with van der Waals surface area (Å²) in [5.74, 6) is 0.161. The van der Waals surface area contributed by atoms with Gasteiger partial charge >= 0.3 is 0 Å². The number of benzene rings is 2. The van der Waals surface area contributed by atoms with Gasteiger partial charge < -0.3 is 14.9 Å². The van der Waals surface area contributed by atoms with Crippen molar-refractivity contribution in [3.8, 4) is 5.75 Å². The summed E-state index contributed by atoms with van der Waals surface area (Å²) in [4.78, 5) is 0.129. The molecule has 1 saturated carbocycles. The normalized spacial score (nSPS) is 21.8.